The second-order valence-corrected chi connectivity index (χ2v) is 4.70. The van der Waals surface area contributed by atoms with Gasteiger partial charge in [-0.15, -0.1) is 0 Å². The smallest absolute Gasteiger partial charge is 0.323 e. The highest BCUT2D eigenvalue weighted by molar-refractivity contribution is 5.78. The number of aromatic hydroxyl groups is 1. The first-order valence-electron chi connectivity index (χ1n) is 6.47. The molecule has 0 amide bonds. The van der Waals surface area contributed by atoms with Crippen molar-refractivity contribution in [1.82, 2.24) is 9.97 Å². The van der Waals surface area contributed by atoms with E-state index in [0.29, 0.717) is 12.3 Å². The largest absolute Gasteiger partial charge is 0.504 e. The lowest BCUT2D eigenvalue weighted by atomic mass is 10.2. The molecule has 3 rings (SSSR count). The summed E-state index contributed by atoms with van der Waals surface area (Å²) in [5.74, 6) is 0.562. The summed E-state index contributed by atoms with van der Waals surface area (Å²) in [6.45, 7) is 0.553. The van der Waals surface area contributed by atoms with Crippen LogP contribution in [0.1, 0.15) is 5.56 Å². The topological polar surface area (TPSA) is 90.1 Å². The van der Waals surface area contributed by atoms with Crippen LogP contribution in [0, 0.1) is 0 Å². The fourth-order valence-electron chi connectivity index (χ4n) is 2.19. The van der Waals surface area contributed by atoms with E-state index < -0.39 is 0 Å². The lowest BCUT2D eigenvalue weighted by molar-refractivity contribution is 0.373. The van der Waals surface area contributed by atoms with E-state index >= 15 is 0 Å². The number of benzene rings is 2. The molecule has 0 aliphatic rings. The number of hydrogen-bond acceptors (Lipinski definition) is 4. The van der Waals surface area contributed by atoms with Crippen LogP contribution in [0.3, 0.4) is 0 Å². The molecular weight excluding hydrogens is 270 g/mol. The van der Waals surface area contributed by atoms with Crippen LogP contribution < -0.4 is 15.7 Å². The predicted octanol–water partition coefficient (Wildman–Crippen LogP) is 2.18. The van der Waals surface area contributed by atoms with E-state index in [2.05, 4.69) is 15.3 Å². The van der Waals surface area contributed by atoms with Crippen molar-refractivity contribution in [3.05, 3.63) is 52.4 Å². The van der Waals surface area contributed by atoms with Crippen LogP contribution >= 0.6 is 0 Å². The van der Waals surface area contributed by atoms with Crippen LogP contribution in [-0.2, 0) is 6.54 Å². The van der Waals surface area contributed by atoms with E-state index in [-0.39, 0.29) is 11.4 Å². The summed E-state index contributed by atoms with van der Waals surface area (Å²) in [4.78, 5) is 16.6. The molecule has 4 N–H and O–H groups in total. The van der Waals surface area contributed by atoms with Gasteiger partial charge in [0.15, 0.2) is 11.5 Å². The van der Waals surface area contributed by atoms with Crippen LogP contribution in [0.25, 0.3) is 11.0 Å². The number of anilines is 1. The third-order valence-corrected chi connectivity index (χ3v) is 3.26. The molecule has 0 aliphatic heterocycles. The normalized spacial score (nSPS) is 10.7. The molecule has 0 spiro atoms. The van der Waals surface area contributed by atoms with Crippen molar-refractivity contribution >= 4 is 16.7 Å². The van der Waals surface area contributed by atoms with Crippen LogP contribution in [0.2, 0.25) is 0 Å². The molecule has 0 radical (unpaired) electrons. The maximum absolute atomic E-state index is 11.2. The third kappa shape index (κ3) is 2.69. The number of methoxy groups -OCH3 is 1. The molecule has 1 heterocycles. The Morgan fingerprint density at radius 3 is 2.71 bits per heavy atom. The van der Waals surface area contributed by atoms with Gasteiger partial charge in [-0.25, -0.2) is 4.79 Å². The van der Waals surface area contributed by atoms with E-state index in [1.165, 1.54) is 7.11 Å². The van der Waals surface area contributed by atoms with Crippen LogP contribution in [0.15, 0.2) is 41.2 Å². The van der Waals surface area contributed by atoms with Crippen LogP contribution in [0.4, 0.5) is 5.69 Å². The van der Waals surface area contributed by atoms with E-state index in [9.17, 15) is 9.90 Å². The van der Waals surface area contributed by atoms with Gasteiger partial charge in [0.05, 0.1) is 18.1 Å². The number of H-pyrrole nitrogens is 2. The summed E-state index contributed by atoms with van der Waals surface area (Å²) in [6.07, 6.45) is 0. The summed E-state index contributed by atoms with van der Waals surface area (Å²) < 4.78 is 5.01. The fraction of sp³-hybridized carbons (Fsp3) is 0.133. The Bertz CT molecular complexity index is 836. The molecule has 3 aromatic rings. The monoisotopic (exact) mass is 285 g/mol. The highest BCUT2D eigenvalue weighted by Crippen LogP contribution is 2.26. The van der Waals surface area contributed by atoms with Gasteiger partial charge in [0.25, 0.3) is 0 Å². The number of phenolic OH excluding ortho intramolecular Hbond substituents is 1. The van der Waals surface area contributed by atoms with E-state index in [1.54, 1.807) is 12.1 Å². The zero-order valence-corrected chi connectivity index (χ0v) is 11.4. The maximum atomic E-state index is 11.2. The molecule has 1 aromatic heterocycles. The average molecular weight is 285 g/mol. The molecular formula is C15H15N3O3. The maximum Gasteiger partial charge on any atom is 0.323 e. The number of hydrogen-bond donors (Lipinski definition) is 4. The highest BCUT2D eigenvalue weighted by atomic mass is 16.5. The van der Waals surface area contributed by atoms with Crippen LogP contribution in [-0.4, -0.2) is 22.2 Å². The first-order valence-corrected chi connectivity index (χ1v) is 6.47. The molecule has 0 atom stereocenters. The van der Waals surface area contributed by atoms with Crippen molar-refractivity contribution in [2.75, 3.05) is 12.4 Å². The van der Waals surface area contributed by atoms with Gasteiger partial charge < -0.3 is 25.1 Å². The minimum absolute atomic E-state index is 0.113. The third-order valence-electron chi connectivity index (χ3n) is 3.26. The Morgan fingerprint density at radius 2 is 1.95 bits per heavy atom. The van der Waals surface area contributed by atoms with Crippen molar-refractivity contribution in [2.45, 2.75) is 6.54 Å². The summed E-state index contributed by atoms with van der Waals surface area (Å²) in [7, 11) is 1.51. The number of imidazole rings is 1. The summed E-state index contributed by atoms with van der Waals surface area (Å²) in [5, 5.41) is 13.0. The van der Waals surface area contributed by atoms with Crippen molar-refractivity contribution in [1.29, 1.82) is 0 Å². The first-order chi connectivity index (χ1) is 10.2. The fourth-order valence-corrected chi connectivity index (χ4v) is 2.19. The molecule has 0 bridgehead atoms. The summed E-state index contributed by atoms with van der Waals surface area (Å²) in [6, 6.07) is 10.8. The van der Waals surface area contributed by atoms with Crippen molar-refractivity contribution < 1.29 is 9.84 Å². The molecule has 6 heteroatoms. The lowest BCUT2D eigenvalue weighted by Crippen LogP contribution is -1.99. The number of aromatic nitrogens is 2. The highest BCUT2D eigenvalue weighted by Gasteiger charge is 2.03. The van der Waals surface area contributed by atoms with E-state index in [1.807, 2.05) is 24.3 Å². The van der Waals surface area contributed by atoms with E-state index in [0.717, 1.165) is 22.3 Å². The molecule has 0 saturated carbocycles. The molecule has 0 aliphatic carbocycles. The van der Waals surface area contributed by atoms with Gasteiger partial charge >= 0.3 is 5.69 Å². The lowest BCUT2D eigenvalue weighted by Gasteiger charge is -2.09. The molecule has 0 fully saturated rings. The van der Waals surface area contributed by atoms with Crippen molar-refractivity contribution in [3.63, 3.8) is 0 Å². The van der Waals surface area contributed by atoms with Gasteiger partial charge in [0, 0.05) is 12.2 Å². The molecule has 6 nitrogen and oxygen atoms in total. The van der Waals surface area contributed by atoms with Gasteiger partial charge in [-0.3, -0.25) is 0 Å². The number of ether oxygens (including phenoxy) is 1. The molecule has 108 valence electrons. The minimum Gasteiger partial charge on any atom is -0.504 e. The minimum atomic E-state index is -0.220. The number of nitrogens with one attached hydrogen (secondary N) is 3. The Kier molecular flexibility index (Phi) is 3.27. The SMILES string of the molecule is COc1ccc(CNc2ccc3[nH]c(=O)[nH]c3c2)cc1O. The Balaban J connectivity index is 1.76. The second kappa shape index (κ2) is 5.24. The number of fused-ring (bicyclic) bond motifs is 1. The Morgan fingerprint density at radius 1 is 1.14 bits per heavy atom. The summed E-state index contributed by atoms with van der Waals surface area (Å²) in [5.41, 5.74) is 3.11. The Labute approximate surface area is 120 Å². The number of aromatic amines is 2. The van der Waals surface area contributed by atoms with Crippen molar-refractivity contribution in [3.8, 4) is 11.5 Å². The van der Waals surface area contributed by atoms with Crippen molar-refractivity contribution in [2.24, 2.45) is 0 Å². The average Bonchev–Trinajstić information content (AvgIpc) is 2.84. The standard InChI is InChI=1S/C15H15N3O3/c1-21-14-5-2-9(6-13(14)19)8-16-10-3-4-11-12(7-10)18-15(20)17-11/h2-7,16,19H,8H2,1H3,(H2,17,18,20). The van der Waals surface area contributed by atoms with Gasteiger partial charge in [0.2, 0.25) is 0 Å². The van der Waals surface area contributed by atoms with Gasteiger partial charge in [-0.2, -0.15) is 0 Å². The quantitative estimate of drug-likeness (QED) is 0.591. The zero-order chi connectivity index (χ0) is 14.8. The Hall–Kier alpha value is -2.89. The molecule has 2 aromatic carbocycles. The van der Waals surface area contributed by atoms with E-state index in [4.69, 9.17) is 4.74 Å². The zero-order valence-electron chi connectivity index (χ0n) is 11.4. The number of rotatable bonds is 4. The molecule has 0 unspecified atom stereocenters. The summed E-state index contributed by atoms with van der Waals surface area (Å²) >= 11 is 0. The predicted molar refractivity (Wildman–Crippen MR) is 80.9 cm³/mol. The van der Waals surface area contributed by atoms with Gasteiger partial charge in [-0.1, -0.05) is 6.07 Å². The van der Waals surface area contributed by atoms with Crippen LogP contribution in [0.5, 0.6) is 11.5 Å². The van der Waals surface area contributed by atoms with Gasteiger partial charge in [0.1, 0.15) is 0 Å². The number of phenols is 1. The molecule has 0 saturated heterocycles. The second-order valence-electron chi connectivity index (χ2n) is 4.70. The molecule has 21 heavy (non-hydrogen) atoms. The first kappa shape index (κ1) is 13.1. The van der Waals surface area contributed by atoms with Gasteiger partial charge in [-0.05, 0) is 35.9 Å².